The van der Waals surface area contributed by atoms with Crippen LogP contribution in [0, 0.1) is 0 Å². The molecule has 0 bridgehead atoms. The summed E-state index contributed by atoms with van der Waals surface area (Å²) in [5.41, 5.74) is 2.69. The van der Waals surface area contributed by atoms with Crippen molar-refractivity contribution in [3.05, 3.63) is 24.3 Å². The predicted octanol–water partition coefficient (Wildman–Crippen LogP) is 7.71. The third-order valence-corrected chi connectivity index (χ3v) is 14.1. The van der Waals surface area contributed by atoms with E-state index < -0.39 is 8.32 Å². The highest BCUT2D eigenvalue weighted by Gasteiger charge is 2.36. The molecule has 5 rings (SSSR count). The van der Waals surface area contributed by atoms with Gasteiger partial charge in [0.2, 0.25) is 0 Å². The number of hydrogen-bond donors (Lipinski definition) is 0. The maximum atomic E-state index is 6.36. The summed E-state index contributed by atoms with van der Waals surface area (Å²) in [6, 6.07) is 8.32. The fourth-order valence-corrected chi connectivity index (χ4v) is 6.93. The van der Waals surface area contributed by atoms with Gasteiger partial charge < -0.3 is 23.5 Å². The molecule has 2 aliphatic rings. The SMILES string of the molecule is CSc1nc(-c2nn(C3CCCCO3)c3ccc(OC(C)COCCCO[Si](C)(C)C(C)(C)C)cc23)cc(N2CCCC2)n1. The molecule has 11 heteroatoms. The number of aromatic nitrogens is 4. The molecule has 0 aliphatic carbocycles. The molecule has 2 saturated heterocycles. The van der Waals surface area contributed by atoms with Gasteiger partial charge in [-0.1, -0.05) is 32.5 Å². The summed E-state index contributed by atoms with van der Waals surface area (Å²) >= 11 is 1.56. The molecule has 0 radical (unpaired) electrons. The summed E-state index contributed by atoms with van der Waals surface area (Å²) in [5, 5.41) is 7.13. The van der Waals surface area contributed by atoms with Gasteiger partial charge in [0.15, 0.2) is 19.7 Å². The number of rotatable bonds is 13. The van der Waals surface area contributed by atoms with Crippen LogP contribution in [-0.2, 0) is 13.9 Å². The van der Waals surface area contributed by atoms with Crippen LogP contribution < -0.4 is 9.64 Å². The molecule has 44 heavy (non-hydrogen) atoms. The van der Waals surface area contributed by atoms with Crippen LogP contribution in [0.5, 0.6) is 5.75 Å². The molecule has 2 unspecified atom stereocenters. The first-order valence-electron chi connectivity index (χ1n) is 16.3. The van der Waals surface area contributed by atoms with Crippen molar-refractivity contribution >= 4 is 36.8 Å². The average molecular weight is 642 g/mol. The van der Waals surface area contributed by atoms with Crippen molar-refractivity contribution in [2.75, 3.05) is 50.7 Å². The Morgan fingerprint density at radius 3 is 2.57 bits per heavy atom. The average Bonchev–Trinajstić information content (AvgIpc) is 3.67. The lowest BCUT2D eigenvalue weighted by Gasteiger charge is -2.36. The number of thioether (sulfide) groups is 1. The Bertz CT molecular complexity index is 1380. The highest BCUT2D eigenvalue weighted by Crippen LogP contribution is 2.37. The van der Waals surface area contributed by atoms with Gasteiger partial charge in [-0.2, -0.15) is 5.10 Å². The molecule has 0 saturated carbocycles. The normalized spacial score (nSPS) is 18.7. The minimum Gasteiger partial charge on any atom is -0.488 e. The predicted molar refractivity (Wildman–Crippen MR) is 182 cm³/mol. The van der Waals surface area contributed by atoms with Gasteiger partial charge in [0.25, 0.3) is 0 Å². The van der Waals surface area contributed by atoms with Crippen LogP contribution in [0.15, 0.2) is 29.4 Å². The first-order valence-corrected chi connectivity index (χ1v) is 20.4. The van der Waals surface area contributed by atoms with E-state index in [1.165, 1.54) is 12.8 Å². The minimum atomic E-state index is -1.72. The van der Waals surface area contributed by atoms with Crippen LogP contribution in [0.25, 0.3) is 22.3 Å². The molecule has 4 heterocycles. The lowest BCUT2D eigenvalue weighted by molar-refractivity contribution is -0.0365. The Hall–Kier alpha value is -2.18. The van der Waals surface area contributed by atoms with Crippen molar-refractivity contribution in [2.24, 2.45) is 0 Å². The van der Waals surface area contributed by atoms with Crippen LogP contribution >= 0.6 is 11.8 Å². The highest BCUT2D eigenvalue weighted by molar-refractivity contribution is 7.98. The zero-order chi connectivity index (χ0) is 31.3. The maximum Gasteiger partial charge on any atom is 0.191 e. The van der Waals surface area contributed by atoms with E-state index in [0.29, 0.717) is 13.2 Å². The van der Waals surface area contributed by atoms with Gasteiger partial charge in [0, 0.05) is 44.4 Å². The number of anilines is 1. The standard InChI is InChI=1S/C33H51N5O4SSi/c1-24(23-39-18-12-20-41-44(6,7)33(2,3)4)42-25-14-15-28-26(21-25)31(36-38(28)30-13-8-11-19-40-30)27-22-29(35-32(34-27)43-5)37-16-9-10-17-37/h14-15,21-22,24,30H,8-13,16-20,23H2,1-7H3. The maximum absolute atomic E-state index is 6.36. The number of ether oxygens (including phenoxy) is 3. The van der Waals surface area contributed by atoms with E-state index >= 15 is 0 Å². The molecule has 0 spiro atoms. The monoisotopic (exact) mass is 641 g/mol. The Labute approximate surface area is 268 Å². The fourth-order valence-electron chi connectivity index (χ4n) is 5.47. The van der Waals surface area contributed by atoms with Crippen LogP contribution in [0.1, 0.15) is 72.4 Å². The molecule has 3 aromatic rings. The van der Waals surface area contributed by atoms with Crippen LogP contribution in [0.2, 0.25) is 18.1 Å². The Balaban J connectivity index is 1.32. The summed E-state index contributed by atoms with van der Waals surface area (Å²) in [5.74, 6) is 1.76. The van der Waals surface area contributed by atoms with Crippen LogP contribution in [-0.4, -0.2) is 79.9 Å². The summed E-state index contributed by atoms with van der Waals surface area (Å²) in [7, 11) is -1.72. The summed E-state index contributed by atoms with van der Waals surface area (Å²) in [4.78, 5) is 12.1. The van der Waals surface area contributed by atoms with E-state index in [2.05, 4.69) is 57.0 Å². The molecule has 0 N–H and O–H groups in total. The Kier molecular flexibility index (Phi) is 10.9. The highest BCUT2D eigenvalue weighted by atomic mass is 32.2. The van der Waals surface area contributed by atoms with E-state index in [4.69, 9.17) is 33.7 Å². The minimum absolute atomic E-state index is 0.0837. The topological polar surface area (TPSA) is 83.8 Å². The van der Waals surface area contributed by atoms with E-state index in [9.17, 15) is 0 Å². The van der Waals surface area contributed by atoms with E-state index in [1.54, 1.807) is 11.8 Å². The first-order chi connectivity index (χ1) is 21.1. The third-order valence-electron chi connectivity index (χ3n) is 9.05. The lowest BCUT2D eigenvalue weighted by Crippen LogP contribution is -2.41. The molecule has 2 fully saturated rings. The number of nitrogens with zero attached hydrogens (tertiary/aromatic N) is 5. The molecule has 2 atom stereocenters. The second kappa shape index (κ2) is 14.5. The molecular weight excluding hydrogens is 591 g/mol. The number of fused-ring (bicyclic) bond motifs is 1. The Morgan fingerprint density at radius 1 is 1.07 bits per heavy atom. The first kappa shape index (κ1) is 33.2. The van der Waals surface area contributed by atoms with Gasteiger partial charge in [0.1, 0.15) is 23.4 Å². The van der Waals surface area contributed by atoms with Gasteiger partial charge in [-0.15, -0.1) is 0 Å². The van der Waals surface area contributed by atoms with Crippen LogP contribution in [0.4, 0.5) is 5.82 Å². The van der Waals surface area contributed by atoms with E-state index in [0.717, 1.165) is 91.0 Å². The molecule has 2 aliphatic heterocycles. The summed E-state index contributed by atoms with van der Waals surface area (Å²) in [6.45, 7) is 18.1. The quantitative estimate of drug-likeness (QED) is 0.0806. The van der Waals surface area contributed by atoms with Gasteiger partial charge in [-0.25, -0.2) is 14.6 Å². The molecule has 0 amide bonds. The lowest BCUT2D eigenvalue weighted by atomic mass is 10.1. The Morgan fingerprint density at radius 2 is 1.86 bits per heavy atom. The number of hydrogen-bond acceptors (Lipinski definition) is 9. The number of benzene rings is 1. The van der Waals surface area contributed by atoms with Crippen LogP contribution in [0.3, 0.4) is 0 Å². The molecule has 242 valence electrons. The van der Waals surface area contributed by atoms with Crippen molar-refractivity contribution in [1.29, 1.82) is 0 Å². The van der Waals surface area contributed by atoms with Gasteiger partial charge >= 0.3 is 0 Å². The molecule has 9 nitrogen and oxygen atoms in total. The molecule has 1 aromatic carbocycles. The van der Waals surface area contributed by atoms with Crippen molar-refractivity contribution in [1.82, 2.24) is 19.7 Å². The largest absolute Gasteiger partial charge is 0.488 e. The molecular formula is C33H51N5O4SSi. The van der Waals surface area contributed by atoms with Crippen molar-refractivity contribution in [2.45, 2.75) is 102 Å². The van der Waals surface area contributed by atoms with Gasteiger partial charge in [-0.05, 0) is 88.0 Å². The summed E-state index contributed by atoms with van der Waals surface area (Å²) in [6.07, 6.45) is 8.28. The zero-order valence-corrected chi connectivity index (χ0v) is 29.5. The fraction of sp³-hybridized carbons (Fsp3) is 0.667. The van der Waals surface area contributed by atoms with Gasteiger partial charge in [-0.3, -0.25) is 0 Å². The van der Waals surface area contributed by atoms with E-state index in [1.807, 2.05) is 23.9 Å². The van der Waals surface area contributed by atoms with Gasteiger partial charge in [0.05, 0.1) is 17.8 Å². The zero-order valence-electron chi connectivity index (χ0n) is 27.7. The third kappa shape index (κ3) is 7.96. The van der Waals surface area contributed by atoms with Crippen molar-refractivity contribution in [3.63, 3.8) is 0 Å². The second-order valence-electron chi connectivity index (χ2n) is 13.6. The second-order valence-corrected chi connectivity index (χ2v) is 19.1. The van der Waals surface area contributed by atoms with Crippen molar-refractivity contribution < 1.29 is 18.6 Å². The smallest absolute Gasteiger partial charge is 0.191 e. The van der Waals surface area contributed by atoms with E-state index in [-0.39, 0.29) is 17.4 Å². The van der Waals surface area contributed by atoms with Crippen molar-refractivity contribution in [3.8, 4) is 17.1 Å². The molecule has 2 aromatic heterocycles. The summed E-state index contributed by atoms with van der Waals surface area (Å²) < 4.78 is 26.8.